The van der Waals surface area contributed by atoms with Gasteiger partial charge < -0.3 is 0 Å². The highest BCUT2D eigenvalue weighted by atomic mass is 35.5. The number of hydrogen-bond acceptors (Lipinski definition) is 1. The summed E-state index contributed by atoms with van der Waals surface area (Å²) in [5.41, 5.74) is 2.80. The molecule has 1 aliphatic rings. The van der Waals surface area contributed by atoms with Crippen LogP contribution in [0.3, 0.4) is 0 Å². The van der Waals surface area contributed by atoms with Crippen molar-refractivity contribution in [3.63, 3.8) is 0 Å². The summed E-state index contributed by atoms with van der Waals surface area (Å²) in [5.74, 6) is 0.250. The summed E-state index contributed by atoms with van der Waals surface area (Å²) < 4.78 is 0. The van der Waals surface area contributed by atoms with Crippen molar-refractivity contribution in [3.8, 4) is 6.07 Å². The van der Waals surface area contributed by atoms with E-state index in [1.54, 1.807) is 0 Å². The zero-order valence-corrected chi connectivity index (χ0v) is 8.18. The van der Waals surface area contributed by atoms with E-state index in [0.29, 0.717) is 0 Å². The number of halogens is 1. The van der Waals surface area contributed by atoms with E-state index >= 15 is 0 Å². The van der Waals surface area contributed by atoms with Crippen molar-refractivity contribution in [1.29, 1.82) is 5.26 Å². The van der Waals surface area contributed by atoms with Crippen molar-refractivity contribution in [2.75, 3.05) is 0 Å². The first-order chi connectivity index (χ1) is 5.90. The number of hydrogen-bond donors (Lipinski definition) is 0. The predicted molar refractivity (Wildman–Crippen MR) is 54.8 cm³/mol. The van der Waals surface area contributed by atoms with Gasteiger partial charge in [0.05, 0.1) is 12.0 Å². The Hall–Kier alpha value is -1.00. The average molecular weight is 194 g/mol. The SMILES string of the molecule is Cl.N#CC1CCc2ccccc2C1. The number of fused-ring (bicyclic) bond motifs is 1. The second-order valence-corrected chi connectivity index (χ2v) is 3.34. The molecule has 1 atom stereocenters. The van der Waals surface area contributed by atoms with Crippen LogP contribution >= 0.6 is 12.4 Å². The highest BCUT2D eigenvalue weighted by Crippen LogP contribution is 2.24. The molecule has 0 saturated heterocycles. The smallest absolute Gasteiger partial charge is 0.0659 e. The van der Waals surface area contributed by atoms with Crippen LogP contribution in [0.25, 0.3) is 0 Å². The number of aryl methyl sites for hydroxylation is 1. The third kappa shape index (κ3) is 2.02. The Kier molecular flexibility index (Phi) is 3.33. The Bertz CT molecular complexity index is 327. The molecule has 2 rings (SSSR count). The van der Waals surface area contributed by atoms with Gasteiger partial charge in [-0.3, -0.25) is 0 Å². The van der Waals surface area contributed by atoms with Gasteiger partial charge in [-0.25, -0.2) is 0 Å². The van der Waals surface area contributed by atoms with Gasteiger partial charge in [0.25, 0.3) is 0 Å². The van der Waals surface area contributed by atoms with Crippen LogP contribution < -0.4 is 0 Å². The molecular weight excluding hydrogens is 182 g/mol. The molecule has 1 aromatic rings. The van der Waals surface area contributed by atoms with E-state index in [2.05, 4.69) is 30.3 Å². The van der Waals surface area contributed by atoms with E-state index in [4.69, 9.17) is 5.26 Å². The van der Waals surface area contributed by atoms with Gasteiger partial charge >= 0.3 is 0 Å². The Morgan fingerprint density at radius 2 is 1.92 bits per heavy atom. The Balaban J connectivity index is 0.000000845. The Labute approximate surface area is 84.8 Å². The maximum atomic E-state index is 8.77. The van der Waals surface area contributed by atoms with E-state index in [9.17, 15) is 0 Å². The molecule has 0 bridgehead atoms. The van der Waals surface area contributed by atoms with Gasteiger partial charge in [-0.05, 0) is 30.4 Å². The molecule has 1 nitrogen and oxygen atoms in total. The van der Waals surface area contributed by atoms with Crippen LogP contribution in [0, 0.1) is 17.2 Å². The molecule has 68 valence electrons. The normalized spacial score (nSPS) is 19.5. The standard InChI is InChI=1S/C11H11N.ClH/c12-8-9-5-6-10-3-1-2-4-11(10)7-9;/h1-4,9H,5-7H2;1H. The van der Waals surface area contributed by atoms with Crippen molar-refractivity contribution in [2.24, 2.45) is 5.92 Å². The second kappa shape index (κ2) is 4.30. The molecule has 0 fully saturated rings. The molecule has 0 N–H and O–H groups in total. The Morgan fingerprint density at radius 1 is 1.23 bits per heavy atom. The van der Waals surface area contributed by atoms with Crippen LogP contribution in [0.5, 0.6) is 0 Å². The summed E-state index contributed by atoms with van der Waals surface area (Å²) in [6, 6.07) is 10.8. The van der Waals surface area contributed by atoms with Crippen LogP contribution in [-0.4, -0.2) is 0 Å². The van der Waals surface area contributed by atoms with Crippen LogP contribution in [-0.2, 0) is 12.8 Å². The fraction of sp³-hybridized carbons (Fsp3) is 0.364. The molecule has 0 aliphatic heterocycles. The predicted octanol–water partition coefficient (Wildman–Crippen LogP) is 2.74. The van der Waals surface area contributed by atoms with E-state index in [0.717, 1.165) is 19.3 Å². The van der Waals surface area contributed by atoms with Gasteiger partial charge in [0, 0.05) is 0 Å². The molecule has 1 aliphatic carbocycles. The molecule has 0 heterocycles. The summed E-state index contributed by atoms with van der Waals surface area (Å²) in [5, 5.41) is 8.77. The minimum atomic E-state index is 0. The quantitative estimate of drug-likeness (QED) is 0.622. The first-order valence-corrected chi connectivity index (χ1v) is 4.36. The molecule has 2 heteroatoms. The number of rotatable bonds is 0. The van der Waals surface area contributed by atoms with Crippen molar-refractivity contribution in [3.05, 3.63) is 35.4 Å². The molecule has 0 amide bonds. The van der Waals surface area contributed by atoms with E-state index in [1.165, 1.54) is 11.1 Å². The maximum absolute atomic E-state index is 8.77. The fourth-order valence-corrected chi connectivity index (χ4v) is 1.81. The van der Waals surface area contributed by atoms with Crippen LogP contribution in [0.15, 0.2) is 24.3 Å². The monoisotopic (exact) mass is 193 g/mol. The van der Waals surface area contributed by atoms with Gasteiger partial charge in [0.1, 0.15) is 0 Å². The number of nitriles is 1. The lowest BCUT2D eigenvalue weighted by Crippen LogP contribution is -2.11. The lowest BCUT2D eigenvalue weighted by atomic mass is 9.85. The van der Waals surface area contributed by atoms with Gasteiger partial charge in [-0.15, -0.1) is 12.4 Å². The largest absolute Gasteiger partial charge is 0.198 e. The van der Waals surface area contributed by atoms with Crippen LogP contribution in [0.1, 0.15) is 17.5 Å². The number of benzene rings is 1. The van der Waals surface area contributed by atoms with Crippen molar-refractivity contribution < 1.29 is 0 Å². The number of nitrogens with zero attached hydrogens (tertiary/aromatic N) is 1. The van der Waals surface area contributed by atoms with E-state index in [1.807, 2.05) is 0 Å². The fourth-order valence-electron chi connectivity index (χ4n) is 1.81. The third-order valence-electron chi connectivity index (χ3n) is 2.53. The van der Waals surface area contributed by atoms with Crippen molar-refractivity contribution in [1.82, 2.24) is 0 Å². The minimum absolute atomic E-state index is 0. The van der Waals surface area contributed by atoms with Gasteiger partial charge in [0.2, 0.25) is 0 Å². The molecular formula is C11H12ClN. The average Bonchev–Trinajstić information content (AvgIpc) is 2.17. The molecule has 1 unspecified atom stereocenters. The lowest BCUT2D eigenvalue weighted by molar-refractivity contribution is 0.564. The van der Waals surface area contributed by atoms with Crippen LogP contribution in [0.4, 0.5) is 0 Å². The minimum Gasteiger partial charge on any atom is -0.198 e. The molecule has 0 spiro atoms. The maximum Gasteiger partial charge on any atom is 0.0659 e. The van der Waals surface area contributed by atoms with Gasteiger partial charge in [-0.1, -0.05) is 24.3 Å². The highest BCUT2D eigenvalue weighted by Gasteiger charge is 2.16. The molecule has 1 aromatic carbocycles. The van der Waals surface area contributed by atoms with E-state index < -0.39 is 0 Å². The summed E-state index contributed by atoms with van der Waals surface area (Å²) in [6.45, 7) is 0. The first kappa shape index (κ1) is 10.1. The molecule has 0 saturated carbocycles. The van der Waals surface area contributed by atoms with E-state index in [-0.39, 0.29) is 18.3 Å². The van der Waals surface area contributed by atoms with Crippen LogP contribution in [0.2, 0.25) is 0 Å². The van der Waals surface area contributed by atoms with Gasteiger partial charge in [0.15, 0.2) is 0 Å². The zero-order valence-electron chi connectivity index (χ0n) is 7.36. The first-order valence-electron chi connectivity index (χ1n) is 4.36. The van der Waals surface area contributed by atoms with Crippen molar-refractivity contribution in [2.45, 2.75) is 19.3 Å². The lowest BCUT2D eigenvalue weighted by Gasteiger charge is -2.18. The van der Waals surface area contributed by atoms with Crippen molar-refractivity contribution >= 4 is 12.4 Å². The summed E-state index contributed by atoms with van der Waals surface area (Å²) in [6.07, 6.45) is 3.06. The zero-order chi connectivity index (χ0) is 8.39. The third-order valence-corrected chi connectivity index (χ3v) is 2.53. The Morgan fingerprint density at radius 3 is 2.62 bits per heavy atom. The van der Waals surface area contributed by atoms with Gasteiger partial charge in [-0.2, -0.15) is 5.26 Å². The molecule has 0 aromatic heterocycles. The molecule has 0 radical (unpaired) electrons. The summed E-state index contributed by atoms with van der Waals surface area (Å²) in [7, 11) is 0. The topological polar surface area (TPSA) is 23.8 Å². The summed E-state index contributed by atoms with van der Waals surface area (Å²) >= 11 is 0. The second-order valence-electron chi connectivity index (χ2n) is 3.34. The molecule has 13 heavy (non-hydrogen) atoms. The highest BCUT2D eigenvalue weighted by molar-refractivity contribution is 5.85. The summed E-state index contributed by atoms with van der Waals surface area (Å²) in [4.78, 5) is 0.